The summed E-state index contributed by atoms with van der Waals surface area (Å²) >= 11 is 0. The van der Waals surface area contributed by atoms with E-state index in [-0.39, 0.29) is 18.4 Å². The third kappa shape index (κ3) is 4.40. The number of carbonyl (C=O) groups excluding carboxylic acids is 2. The van der Waals surface area contributed by atoms with Crippen molar-refractivity contribution in [2.75, 3.05) is 54.1 Å². The van der Waals surface area contributed by atoms with Gasteiger partial charge in [-0.05, 0) is 12.1 Å². The number of methoxy groups -OCH3 is 3. The molecule has 0 radical (unpaired) electrons. The Morgan fingerprint density at radius 3 is 2.28 bits per heavy atom. The van der Waals surface area contributed by atoms with Crippen molar-refractivity contribution in [1.82, 2.24) is 9.80 Å². The number of nitrogens with zero attached hydrogens (tertiary/aromatic N) is 2. The van der Waals surface area contributed by atoms with Crippen molar-refractivity contribution in [3.63, 3.8) is 0 Å². The molecule has 1 saturated heterocycles. The Kier molecular flexibility index (Phi) is 6.60. The number of ether oxygens (including phenoxy) is 3. The van der Waals surface area contributed by atoms with E-state index in [1.54, 1.807) is 35.1 Å². The Morgan fingerprint density at radius 2 is 1.72 bits per heavy atom. The largest absolute Gasteiger partial charge is 0.497 e. The second kappa shape index (κ2) is 8.68. The third-order valence-corrected chi connectivity index (χ3v) is 4.18. The number of rotatable bonds is 6. The maximum atomic E-state index is 12.7. The molecule has 2 N–H and O–H groups in total. The van der Waals surface area contributed by atoms with Crippen LogP contribution in [0.25, 0.3) is 0 Å². The molecule has 2 rings (SSSR count). The Morgan fingerprint density at radius 1 is 1.08 bits per heavy atom. The minimum Gasteiger partial charge on any atom is -0.497 e. The predicted molar refractivity (Wildman–Crippen MR) is 91.9 cm³/mol. The van der Waals surface area contributed by atoms with Crippen molar-refractivity contribution in [3.05, 3.63) is 23.8 Å². The fourth-order valence-electron chi connectivity index (χ4n) is 2.76. The molecule has 1 aromatic rings. The quantitative estimate of drug-likeness (QED) is 0.773. The van der Waals surface area contributed by atoms with Crippen LogP contribution in [0.1, 0.15) is 10.4 Å². The number of hydrogen-bond donors (Lipinski definition) is 1. The fraction of sp³-hybridized carbons (Fsp3) is 0.529. The Hall–Kier alpha value is -2.32. The monoisotopic (exact) mass is 351 g/mol. The maximum absolute atomic E-state index is 12.7. The Balaban J connectivity index is 2.01. The van der Waals surface area contributed by atoms with Crippen LogP contribution in [0.5, 0.6) is 11.5 Å². The van der Waals surface area contributed by atoms with Crippen molar-refractivity contribution in [3.8, 4) is 11.5 Å². The van der Waals surface area contributed by atoms with E-state index in [1.807, 2.05) is 0 Å². The molecule has 1 aliphatic rings. The molecule has 2 amide bonds. The molecule has 1 unspecified atom stereocenters. The zero-order valence-corrected chi connectivity index (χ0v) is 14.9. The molecule has 1 aromatic carbocycles. The van der Waals surface area contributed by atoms with Crippen LogP contribution in [0.3, 0.4) is 0 Å². The summed E-state index contributed by atoms with van der Waals surface area (Å²) in [6.07, 6.45) is 0. The molecule has 25 heavy (non-hydrogen) atoms. The van der Waals surface area contributed by atoms with Gasteiger partial charge in [-0.1, -0.05) is 0 Å². The molecule has 0 aliphatic carbocycles. The Labute approximate surface area is 147 Å². The molecular weight excluding hydrogens is 326 g/mol. The summed E-state index contributed by atoms with van der Waals surface area (Å²) in [4.78, 5) is 28.3. The molecule has 1 heterocycles. The van der Waals surface area contributed by atoms with Gasteiger partial charge in [-0.2, -0.15) is 0 Å². The first-order chi connectivity index (χ1) is 12.0. The van der Waals surface area contributed by atoms with E-state index in [0.29, 0.717) is 43.2 Å². The van der Waals surface area contributed by atoms with Crippen molar-refractivity contribution < 1.29 is 23.8 Å². The van der Waals surface area contributed by atoms with Gasteiger partial charge in [0.1, 0.15) is 17.5 Å². The second-order valence-corrected chi connectivity index (χ2v) is 5.75. The molecule has 1 atom stereocenters. The molecule has 8 nitrogen and oxygen atoms in total. The minimum atomic E-state index is -0.672. The summed E-state index contributed by atoms with van der Waals surface area (Å²) < 4.78 is 15.4. The molecule has 0 saturated carbocycles. The summed E-state index contributed by atoms with van der Waals surface area (Å²) in [5, 5.41) is 0. The van der Waals surface area contributed by atoms with E-state index in [4.69, 9.17) is 19.9 Å². The normalized spacial score (nSPS) is 15.7. The average Bonchev–Trinajstić information content (AvgIpc) is 2.66. The molecule has 1 aliphatic heterocycles. The number of carbonyl (C=O) groups is 2. The van der Waals surface area contributed by atoms with Gasteiger partial charge in [0.15, 0.2) is 0 Å². The lowest BCUT2D eigenvalue weighted by Crippen LogP contribution is -2.55. The van der Waals surface area contributed by atoms with E-state index in [0.717, 1.165) is 0 Å². The first-order valence-corrected chi connectivity index (χ1v) is 8.06. The molecule has 0 aromatic heterocycles. The molecule has 0 bridgehead atoms. The summed E-state index contributed by atoms with van der Waals surface area (Å²) in [5.41, 5.74) is 6.26. The van der Waals surface area contributed by atoms with Crippen LogP contribution in [0.4, 0.5) is 0 Å². The highest BCUT2D eigenvalue weighted by Crippen LogP contribution is 2.26. The SMILES string of the molecule is COCC(N)C(=O)N1CCN(C(=O)c2ccc(OC)cc2OC)CC1. The van der Waals surface area contributed by atoms with E-state index in [2.05, 4.69) is 0 Å². The lowest BCUT2D eigenvalue weighted by Gasteiger charge is -2.36. The van der Waals surface area contributed by atoms with Gasteiger partial charge in [0, 0.05) is 39.4 Å². The number of amides is 2. The van der Waals surface area contributed by atoms with Crippen molar-refractivity contribution in [2.45, 2.75) is 6.04 Å². The van der Waals surface area contributed by atoms with Gasteiger partial charge in [-0.25, -0.2) is 0 Å². The smallest absolute Gasteiger partial charge is 0.257 e. The average molecular weight is 351 g/mol. The van der Waals surface area contributed by atoms with Gasteiger partial charge < -0.3 is 29.7 Å². The summed E-state index contributed by atoms with van der Waals surface area (Å²) in [7, 11) is 4.58. The predicted octanol–water partition coefficient (Wildman–Crippen LogP) is -0.0381. The van der Waals surface area contributed by atoms with E-state index in [9.17, 15) is 9.59 Å². The summed E-state index contributed by atoms with van der Waals surface area (Å²) in [6.45, 7) is 1.96. The van der Waals surface area contributed by atoms with Crippen LogP contribution in [-0.2, 0) is 9.53 Å². The van der Waals surface area contributed by atoms with E-state index in [1.165, 1.54) is 14.2 Å². The van der Waals surface area contributed by atoms with Crippen LogP contribution in [0.2, 0.25) is 0 Å². The fourth-order valence-corrected chi connectivity index (χ4v) is 2.76. The van der Waals surface area contributed by atoms with Gasteiger partial charge in [-0.15, -0.1) is 0 Å². The zero-order valence-electron chi connectivity index (χ0n) is 14.9. The van der Waals surface area contributed by atoms with E-state index < -0.39 is 6.04 Å². The highest BCUT2D eigenvalue weighted by atomic mass is 16.5. The van der Waals surface area contributed by atoms with Crippen LogP contribution in [0.15, 0.2) is 18.2 Å². The molecule has 138 valence electrons. The third-order valence-electron chi connectivity index (χ3n) is 4.18. The van der Waals surface area contributed by atoms with E-state index >= 15 is 0 Å². The highest BCUT2D eigenvalue weighted by molar-refractivity contribution is 5.97. The molecule has 8 heteroatoms. The van der Waals surface area contributed by atoms with Gasteiger partial charge in [0.25, 0.3) is 5.91 Å². The van der Waals surface area contributed by atoms with Gasteiger partial charge in [-0.3, -0.25) is 9.59 Å². The molecule has 0 spiro atoms. The summed E-state index contributed by atoms with van der Waals surface area (Å²) in [5.74, 6) is 0.796. The second-order valence-electron chi connectivity index (χ2n) is 5.75. The van der Waals surface area contributed by atoms with Crippen molar-refractivity contribution in [2.24, 2.45) is 5.73 Å². The number of piperazine rings is 1. The number of nitrogens with two attached hydrogens (primary N) is 1. The van der Waals surface area contributed by atoms with Crippen LogP contribution >= 0.6 is 0 Å². The lowest BCUT2D eigenvalue weighted by atomic mass is 10.1. The van der Waals surface area contributed by atoms with Crippen LogP contribution in [-0.4, -0.2) is 81.8 Å². The minimum absolute atomic E-state index is 0.132. The Bertz CT molecular complexity index is 614. The summed E-state index contributed by atoms with van der Waals surface area (Å²) in [6, 6.07) is 4.41. The topological polar surface area (TPSA) is 94.3 Å². The standard InChI is InChI=1S/C17H25N3O5/c1-23-11-14(18)17(22)20-8-6-19(7-9-20)16(21)13-5-4-12(24-2)10-15(13)25-3/h4-5,10,14H,6-9,11,18H2,1-3H3. The zero-order chi connectivity index (χ0) is 18.4. The van der Waals surface area contributed by atoms with Gasteiger partial charge in [0.05, 0.1) is 26.4 Å². The van der Waals surface area contributed by atoms with Crippen LogP contribution in [0, 0.1) is 0 Å². The number of benzene rings is 1. The molecular formula is C17H25N3O5. The first-order valence-electron chi connectivity index (χ1n) is 8.06. The van der Waals surface area contributed by atoms with Gasteiger partial charge >= 0.3 is 0 Å². The van der Waals surface area contributed by atoms with Gasteiger partial charge in [0.2, 0.25) is 5.91 Å². The van der Waals surface area contributed by atoms with Crippen LogP contribution < -0.4 is 15.2 Å². The molecule has 1 fully saturated rings. The highest BCUT2D eigenvalue weighted by Gasteiger charge is 2.28. The van der Waals surface area contributed by atoms with Crippen molar-refractivity contribution in [1.29, 1.82) is 0 Å². The maximum Gasteiger partial charge on any atom is 0.257 e. The van der Waals surface area contributed by atoms with Crippen molar-refractivity contribution >= 4 is 11.8 Å². The first kappa shape index (κ1) is 19.0. The lowest BCUT2D eigenvalue weighted by molar-refractivity contribution is -0.135. The number of hydrogen-bond acceptors (Lipinski definition) is 6.